The van der Waals surface area contributed by atoms with Crippen molar-refractivity contribution in [2.75, 3.05) is 6.67 Å². The van der Waals surface area contributed by atoms with Crippen LogP contribution >= 0.6 is 0 Å². The maximum atomic E-state index is 13.5. The number of ketones is 1. The van der Waals surface area contributed by atoms with E-state index in [-0.39, 0.29) is 23.3 Å². The van der Waals surface area contributed by atoms with Crippen molar-refractivity contribution < 1.29 is 23.8 Å². The van der Waals surface area contributed by atoms with Crippen LogP contribution in [0.3, 0.4) is 0 Å². The van der Waals surface area contributed by atoms with Crippen LogP contribution in [0.25, 0.3) is 0 Å². The van der Waals surface area contributed by atoms with Gasteiger partial charge in [-0.1, -0.05) is 37.3 Å². The first-order chi connectivity index (χ1) is 11.6. The van der Waals surface area contributed by atoms with Gasteiger partial charge in [-0.05, 0) is 17.7 Å². The lowest BCUT2D eigenvalue weighted by molar-refractivity contribution is 0.0696. The van der Waals surface area contributed by atoms with Gasteiger partial charge in [0.25, 0.3) is 0 Å². The number of rotatable bonds is 5. The molecule has 0 aliphatic carbocycles. The van der Waals surface area contributed by atoms with Crippen molar-refractivity contribution in [2.24, 2.45) is 0 Å². The highest BCUT2D eigenvalue weighted by atomic mass is 19.1. The number of ether oxygens (including phenoxy) is 1. The number of halogens is 1. The second kappa shape index (κ2) is 6.43. The SMILES string of the molecule is CCC(=O)c1cc(C(=O)O)cc2c1O[C@H](CF)[C@H]2c1ccccc1. The van der Waals surface area contributed by atoms with Crippen LogP contribution in [0.2, 0.25) is 0 Å². The fraction of sp³-hybridized carbons (Fsp3) is 0.263. The highest BCUT2D eigenvalue weighted by molar-refractivity contribution is 6.02. The molecule has 1 N–H and O–H groups in total. The predicted octanol–water partition coefficient (Wildman–Crippen LogP) is 3.84. The van der Waals surface area contributed by atoms with E-state index in [1.807, 2.05) is 30.3 Å². The van der Waals surface area contributed by atoms with Crippen molar-refractivity contribution in [2.45, 2.75) is 25.4 Å². The maximum absolute atomic E-state index is 13.5. The Balaban J connectivity index is 2.22. The Bertz CT molecular complexity index is 785. The van der Waals surface area contributed by atoms with Crippen LogP contribution in [0.4, 0.5) is 4.39 Å². The molecule has 0 saturated carbocycles. The van der Waals surface area contributed by atoms with Gasteiger partial charge in [0.05, 0.1) is 17.0 Å². The fourth-order valence-corrected chi connectivity index (χ4v) is 3.13. The molecular formula is C19H17FO4. The topological polar surface area (TPSA) is 63.6 Å². The van der Waals surface area contributed by atoms with Crippen LogP contribution in [-0.4, -0.2) is 29.6 Å². The maximum Gasteiger partial charge on any atom is 0.335 e. The molecule has 2 atom stereocenters. The summed E-state index contributed by atoms with van der Waals surface area (Å²) in [7, 11) is 0. The molecule has 24 heavy (non-hydrogen) atoms. The molecule has 5 heteroatoms. The lowest BCUT2D eigenvalue weighted by Crippen LogP contribution is -2.22. The van der Waals surface area contributed by atoms with Crippen LogP contribution in [0.15, 0.2) is 42.5 Å². The van der Waals surface area contributed by atoms with Gasteiger partial charge in [0.1, 0.15) is 18.5 Å². The number of hydrogen-bond acceptors (Lipinski definition) is 3. The second-order valence-corrected chi connectivity index (χ2v) is 5.72. The van der Waals surface area contributed by atoms with Gasteiger partial charge >= 0.3 is 5.97 Å². The average Bonchev–Trinajstić information content (AvgIpc) is 2.99. The number of carbonyl (C=O) groups excluding carboxylic acids is 1. The molecule has 0 amide bonds. The summed E-state index contributed by atoms with van der Waals surface area (Å²) >= 11 is 0. The Labute approximate surface area is 138 Å². The molecule has 0 saturated heterocycles. The van der Waals surface area contributed by atoms with E-state index in [4.69, 9.17) is 4.74 Å². The molecule has 0 radical (unpaired) electrons. The molecule has 0 aromatic heterocycles. The van der Waals surface area contributed by atoms with Crippen molar-refractivity contribution in [1.82, 2.24) is 0 Å². The van der Waals surface area contributed by atoms with Gasteiger partial charge in [-0.3, -0.25) is 4.79 Å². The largest absolute Gasteiger partial charge is 0.486 e. The van der Waals surface area contributed by atoms with E-state index < -0.39 is 24.7 Å². The fourth-order valence-electron chi connectivity index (χ4n) is 3.13. The number of benzene rings is 2. The highest BCUT2D eigenvalue weighted by Gasteiger charge is 2.38. The van der Waals surface area contributed by atoms with Gasteiger partial charge in [-0.2, -0.15) is 0 Å². The molecule has 0 fully saturated rings. The van der Waals surface area contributed by atoms with E-state index in [9.17, 15) is 19.1 Å². The van der Waals surface area contributed by atoms with E-state index in [1.165, 1.54) is 12.1 Å². The summed E-state index contributed by atoms with van der Waals surface area (Å²) in [6.45, 7) is 0.967. The molecule has 4 nitrogen and oxygen atoms in total. The summed E-state index contributed by atoms with van der Waals surface area (Å²) in [6, 6.07) is 12.0. The predicted molar refractivity (Wildman–Crippen MR) is 86.7 cm³/mol. The van der Waals surface area contributed by atoms with Gasteiger partial charge in [-0.25, -0.2) is 9.18 Å². The molecule has 3 rings (SSSR count). The molecule has 2 aromatic carbocycles. The van der Waals surface area contributed by atoms with Crippen LogP contribution in [0.1, 0.15) is 51.1 Å². The molecule has 0 unspecified atom stereocenters. The van der Waals surface area contributed by atoms with Gasteiger partial charge in [-0.15, -0.1) is 0 Å². The molecule has 1 aliphatic heterocycles. The van der Waals surface area contributed by atoms with Gasteiger partial charge in [0.15, 0.2) is 5.78 Å². The van der Waals surface area contributed by atoms with Gasteiger partial charge < -0.3 is 9.84 Å². The third-order valence-corrected chi connectivity index (χ3v) is 4.27. The first-order valence-electron chi connectivity index (χ1n) is 7.78. The Morgan fingerprint density at radius 2 is 1.92 bits per heavy atom. The number of hydrogen-bond donors (Lipinski definition) is 1. The zero-order valence-electron chi connectivity index (χ0n) is 13.2. The molecule has 0 bridgehead atoms. The first-order valence-corrected chi connectivity index (χ1v) is 7.78. The average molecular weight is 328 g/mol. The highest BCUT2D eigenvalue weighted by Crippen LogP contribution is 2.45. The van der Waals surface area contributed by atoms with Crippen LogP contribution in [-0.2, 0) is 0 Å². The van der Waals surface area contributed by atoms with Crippen molar-refractivity contribution in [3.63, 3.8) is 0 Å². The first kappa shape index (κ1) is 16.2. The lowest BCUT2D eigenvalue weighted by Gasteiger charge is -2.16. The van der Waals surface area contributed by atoms with Gasteiger partial charge in [0, 0.05) is 12.0 Å². The molecule has 124 valence electrons. The van der Waals surface area contributed by atoms with E-state index in [1.54, 1.807) is 6.92 Å². The second-order valence-electron chi connectivity index (χ2n) is 5.72. The minimum atomic E-state index is -1.13. The standard InChI is InChI=1S/C19H17FO4/c1-2-15(21)13-8-12(19(22)23)9-14-17(11-6-4-3-5-7-11)16(10-20)24-18(13)14/h3-9,16-17H,2,10H2,1H3,(H,22,23)/t16-,17+/m1/s1. The molecule has 1 heterocycles. The van der Waals surface area contributed by atoms with Crippen LogP contribution < -0.4 is 4.74 Å². The monoisotopic (exact) mass is 328 g/mol. The summed E-state index contributed by atoms with van der Waals surface area (Å²) in [5.41, 5.74) is 1.61. The van der Waals surface area contributed by atoms with E-state index >= 15 is 0 Å². The summed E-state index contributed by atoms with van der Waals surface area (Å²) in [5, 5.41) is 9.35. The third kappa shape index (κ3) is 2.66. The Hall–Kier alpha value is -2.69. The number of carbonyl (C=O) groups is 2. The number of aromatic carboxylic acids is 1. The normalized spacial score (nSPS) is 18.8. The summed E-state index contributed by atoms with van der Waals surface area (Å²) in [4.78, 5) is 23.7. The van der Waals surface area contributed by atoms with Crippen LogP contribution in [0.5, 0.6) is 5.75 Å². The summed E-state index contributed by atoms with van der Waals surface area (Å²) in [5.74, 6) is -1.48. The number of Topliss-reactive ketones (excluding diaryl/α,β-unsaturated/α-hetero) is 1. The third-order valence-electron chi connectivity index (χ3n) is 4.27. The zero-order chi connectivity index (χ0) is 17.3. The zero-order valence-corrected chi connectivity index (χ0v) is 13.2. The summed E-state index contributed by atoms with van der Waals surface area (Å²) < 4.78 is 19.3. The number of fused-ring (bicyclic) bond motifs is 1. The van der Waals surface area contributed by atoms with Crippen molar-refractivity contribution in [3.8, 4) is 5.75 Å². The minimum Gasteiger partial charge on any atom is -0.486 e. The van der Waals surface area contributed by atoms with E-state index in [0.717, 1.165) is 5.56 Å². The van der Waals surface area contributed by atoms with E-state index in [2.05, 4.69) is 0 Å². The number of alkyl halides is 1. The molecule has 0 spiro atoms. The summed E-state index contributed by atoms with van der Waals surface area (Å²) in [6.07, 6.45) is -0.551. The van der Waals surface area contributed by atoms with Crippen molar-refractivity contribution >= 4 is 11.8 Å². The molecular weight excluding hydrogens is 311 g/mol. The molecule has 2 aromatic rings. The number of carboxylic acid groups (broad SMARTS) is 1. The van der Waals surface area contributed by atoms with Crippen molar-refractivity contribution in [3.05, 3.63) is 64.7 Å². The van der Waals surface area contributed by atoms with Gasteiger partial charge in [0.2, 0.25) is 0 Å². The molecule has 1 aliphatic rings. The Kier molecular flexibility index (Phi) is 4.34. The van der Waals surface area contributed by atoms with Crippen LogP contribution in [0, 0.1) is 0 Å². The quantitative estimate of drug-likeness (QED) is 0.847. The Morgan fingerprint density at radius 3 is 2.50 bits per heavy atom. The van der Waals surface area contributed by atoms with Crippen molar-refractivity contribution in [1.29, 1.82) is 0 Å². The number of carboxylic acids is 1. The lowest BCUT2D eigenvalue weighted by atomic mass is 9.86. The Morgan fingerprint density at radius 1 is 1.21 bits per heavy atom. The van der Waals surface area contributed by atoms with E-state index in [0.29, 0.717) is 11.3 Å². The smallest absolute Gasteiger partial charge is 0.335 e. The minimum absolute atomic E-state index is 0.00888.